The van der Waals surface area contributed by atoms with Crippen molar-refractivity contribution in [2.45, 2.75) is 39.5 Å². The molecule has 142 valence electrons. The van der Waals surface area contributed by atoms with Crippen molar-refractivity contribution in [2.24, 2.45) is 0 Å². The SMILES string of the molecule is CCN(C(=O)C[NH+](C)CC(=O)Nc1ccc(Br)cc1C)C1=CCCCC1. The molecule has 26 heavy (non-hydrogen) atoms. The molecule has 0 spiro atoms. The number of amides is 2. The molecule has 0 fully saturated rings. The van der Waals surface area contributed by atoms with Crippen LogP contribution < -0.4 is 10.2 Å². The Balaban J connectivity index is 1.88. The van der Waals surface area contributed by atoms with Gasteiger partial charge in [0.2, 0.25) is 0 Å². The van der Waals surface area contributed by atoms with E-state index in [9.17, 15) is 9.59 Å². The molecule has 0 aromatic heterocycles. The molecule has 6 heteroatoms. The average Bonchev–Trinajstić information content (AvgIpc) is 2.59. The van der Waals surface area contributed by atoms with Gasteiger partial charge < -0.3 is 15.1 Å². The van der Waals surface area contributed by atoms with Gasteiger partial charge in [-0.3, -0.25) is 9.59 Å². The highest BCUT2D eigenvalue weighted by atomic mass is 79.9. The summed E-state index contributed by atoms with van der Waals surface area (Å²) in [5.74, 6) is 0.00595. The van der Waals surface area contributed by atoms with E-state index in [2.05, 4.69) is 27.3 Å². The Morgan fingerprint density at radius 1 is 1.27 bits per heavy atom. The molecule has 2 amide bonds. The molecule has 1 atom stereocenters. The number of allylic oxidation sites excluding steroid dienone is 2. The van der Waals surface area contributed by atoms with Crippen LogP contribution in [0.25, 0.3) is 0 Å². The van der Waals surface area contributed by atoms with E-state index in [0.717, 1.165) is 45.6 Å². The molecular formula is C20H29BrN3O2+. The van der Waals surface area contributed by atoms with Gasteiger partial charge in [-0.25, -0.2) is 0 Å². The first-order chi connectivity index (χ1) is 12.4. The Kier molecular flexibility index (Phi) is 7.85. The minimum atomic E-state index is -0.0827. The van der Waals surface area contributed by atoms with Crippen LogP contribution in [-0.4, -0.2) is 43.4 Å². The summed E-state index contributed by atoms with van der Waals surface area (Å²) in [7, 11) is 1.88. The lowest BCUT2D eigenvalue weighted by molar-refractivity contribution is -0.862. The number of likely N-dealkylation sites (N-methyl/N-ethyl adjacent to an activating group) is 2. The van der Waals surface area contributed by atoms with E-state index >= 15 is 0 Å². The minimum absolute atomic E-state index is 0.0827. The van der Waals surface area contributed by atoms with Crippen LogP contribution in [0.3, 0.4) is 0 Å². The maximum Gasteiger partial charge on any atom is 0.281 e. The van der Waals surface area contributed by atoms with Crippen LogP contribution in [0.5, 0.6) is 0 Å². The summed E-state index contributed by atoms with van der Waals surface area (Å²) in [6, 6.07) is 5.75. The van der Waals surface area contributed by atoms with Crippen molar-refractivity contribution < 1.29 is 14.5 Å². The van der Waals surface area contributed by atoms with E-state index in [1.54, 1.807) is 0 Å². The second-order valence-corrected chi connectivity index (χ2v) is 7.81. The van der Waals surface area contributed by atoms with Crippen LogP contribution in [0.4, 0.5) is 5.69 Å². The van der Waals surface area contributed by atoms with Gasteiger partial charge in [0.15, 0.2) is 13.1 Å². The zero-order chi connectivity index (χ0) is 19.1. The number of nitrogens with zero attached hydrogens (tertiary/aromatic N) is 1. The maximum atomic E-state index is 12.6. The Morgan fingerprint density at radius 3 is 2.65 bits per heavy atom. The highest BCUT2D eigenvalue weighted by molar-refractivity contribution is 9.10. The molecule has 0 bridgehead atoms. The third kappa shape index (κ3) is 5.95. The number of nitrogens with one attached hydrogen (secondary N) is 2. The fourth-order valence-corrected chi connectivity index (χ4v) is 3.73. The number of quaternary nitrogens is 1. The number of hydrogen-bond donors (Lipinski definition) is 2. The van der Waals surface area contributed by atoms with Crippen molar-refractivity contribution >= 4 is 33.4 Å². The summed E-state index contributed by atoms with van der Waals surface area (Å²) in [6.45, 7) is 5.22. The van der Waals surface area contributed by atoms with Gasteiger partial charge in [0.05, 0.1) is 7.05 Å². The first-order valence-electron chi connectivity index (χ1n) is 9.27. The predicted octanol–water partition coefficient (Wildman–Crippen LogP) is 2.52. The molecule has 1 aromatic carbocycles. The Bertz CT molecular complexity index is 688. The Hall–Kier alpha value is -1.66. The number of anilines is 1. The van der Waals surface area contributed by atoms with Gasteiger partial charge >= 0.3 is 0 Å². The van der Waals surface area contributed by atoms with Crippen LogP contribution >= 0.6 is 15.9 Å². The zero-order valence-corrected chi connectivity index (χ0v) is 17.5. The fraction of sp³-hybridized carbons (Fsp3) is 0.500. The largest absolute Gasteiger partial charge is 0.322 e. The van der Waals surface area contributed by atoms with Gasteiger partial charge in [-0.15, -0.1) is 0 Å². The molecule has 0 saturated heterocycles. The van der Waals surface area contributed by atoms with E-state index in [1.165, 1.54) is 6.42 Å². The molecule has 0 radical (unpaired) electrons. The lowest BCUT2D eigenvalue weighted by Gasteiger charge is -2.27. The summed E-state index contributed by atoms with van der Waals surface area (Å²) in [6.07, 6.45) is 6.56. The van der Waals surface area contributed by atoms with E-state index in [-0.39, 0.29) is 18.4 Å². The monoisotopic (exact) mass is 422 g/mol. The van der Waals surface area contributed by atoms with Crippen molar-refractivity contribution in [3.8, 4) is 0 Å². The number of halogens is 1. The van der Waals surface area contributed by atoms with Crippen LogP contribution in [-0.2, 0) is 9.59 Å². The molecule has 1 unspecified atom stereocenters. The first kappa shape index (κ1) is 20.6. The van der Waals surface area contributed by atoms with Gasteiger partial charge in [0.1, 0.15) is 0 Å². The summed E-state index contributed by atoms with van der Waals surface area (Å²) in [5.41, 5.74) is 2.95. The highest BCUT2D eigenvalue weighted by Crippen LogP contribution is 2.21. The molecule has 1 aliphatic carbocycles. The van der Waals surface area contributed by atoms with Crippen molar-refractivity contribution in [1.82, 2.24) is 4.90 Å². The van der Waals surface area contributed by atoms with Gasteiger partial charge in [0, 0.05) is 22.4 Å². The molecule has 5 nitrogen and oxygen atoms in total. The van der Waals surface area contributed by atoms with E-state index in [4.69, 9.17) is 0 Å². The lowest BCUT2D eigenvalue weighted by atomic mass is 10.0. The highest BCUT2D eigenvalue weighted by Gasteiger charge is 2.22. The third-order valence-electron chi connectivity index (χ3n) is 4.61. The second-order valence-electron chi connectivity index (χ2n) is 6.90. The number of carbonyl (C=O) groups excluding carboxylic acids is 2. The van der Waals surface area contributed by atoms with Crippen LogP contribution in [0, 0.1) is 6.92 Å². The standard InChI is InChI=1S/C20H28BrN3O2/c1-4-24(17-8-6-5-7-9-17)20(26)14-23(3)13-19(25)22-18-11-10-16(21)12-15(18)2/h8,10-12H,4-7,9,13-14H2,1-3H3,(H,22,25)/p+1. The molecular weight excluding hydrogens is 394 g/mol. The van der Waals surface area contributed by atoms with E-state index in [0.29, 0.717) is 13.1 Å². The lowest BCUT2D eigenvalue weighted by Crippen LogP contribution is -3.11. The minimum Gasteiger partial charge on any atom is -0.322 e. The van der Waals surface area contributed by atoms with Crippen LogP contribution in [0.15, 0.2) is 34.4 Å². The number of hydrogen-bond acceptors (Lipinski definition) is 2. The van der Waals surface area contributed by atoms with Gasteiger partial charge in [-0.2, -0.15) is 0 Å². The molecule has 0 saturated carbocycles. The third-order valence-corrected chi connectivity index (χ3v) is 5.10. The maximum absolute atomic E-state index is 12.6. The number of aryl methyl sites for hydroxylation is 1. The molecule has 2 N–H and O–H groups in total. The van der Waals surface area contributed by atoms with E-state index < -0.39 is 0 Å². The number of carbonyl (C=O) groups is 2. The molecule has 0 heterocycles. The molecule has 2 rings (SSSR count). The summed E-state index contributed by atoms with van der Waals surface area (Å²) in [4.78, 5) is 27.7. The molecule has 0 aliphatic heterocycles. The average molecular weight is 423 g/mol. The summed E-state index contributed by atoms with van der Waals surface area (Å²) in [5, 5.41) is 2.93. The second kappa shape index (κ2) is 9.88. The normalized spacial score (nSPS) is 15.2. The molecule has 1 aliphatic rings. The van der Waals surface area contributed by atoms with Gasteiger partial charge in [-0.05, 0) is 63.3 Å². The van der Waals surface area contributed by atoms with Crippen LogP contribution in [0.2, 0.25) is 0 Å². The quantitative estimate of drug-likeness (QED) is 0.708. The Morgan fingerprint density at radius 2 is 2.04 bits per heavy atom. The van der Waals surface area contributed by atoms with Crippen LogP contribution in [0.1, 0.15) is 38.2 Å². The number of rotatable bonds is 7. The summed E-state index contributed by atoms with van der Waals surface area (Å²) < 4.78 is 0.984. The van der Waals surface area contributed by atoms with Gasteiger partial charge in [-0.1, -0.05) is 22.0 Å². The Labute approximate surface area is 164 Å². The molecule has 1 aromatic rings. The van der Waals surface area contributed by atoms with Crippen molar-refractivity contribution in [3.63, 3.8) is 0 Å². The number of benzene rings is 1. The zero-order valence-electron chi connectivity index (χ0n) is 15.9. The predicted molar refractivity (Wildman–Crippen MR) is 108 cm³/mol. The first-order valence-corrected chi connectivity index (χ1v) is 10.1. The fourth-order valence-electron chi connectivity index (χ4n) is 3.26. The van der Waals surface area contributed by atoms with Crippen molar-refractivity contribution in [2.75, 3.05) is 32.0 Å². The smallest absolute Gasteiger partial charge is 0.281 e. The van der Waals surface area contributed by atoms with Gasteiger partial charge in [0.25, 0.3) is 11.8 Å². The van der Waals surface area contributed by atoms with Crippen molar-refractivity contribution in [3.05, 3.63) is 40.0 Å². The van der Waals surface area contributed by atoms with Crippen molar-refractivity contribution in [1.29, 1.82) is 0 Å². The van der Waals surface area contributed by atoms with E-state index in [1.807, 2.05) is 44.0 Å². The topological polar surface area (TPSA) is 53.9 Å². The summed E-state index contributed by atoms with van der Waals surface area (Å²) >= 11 is 3.42.